The van der Waals surface area contributed by atoms with Crippen LogP contribution in [0.3, 0.4) is 0 Å². The topological polar surface area (TPSA) is 81.9 Å². The zero-order chi connectivity index (χ0) is 30.8. The second-order valence-corrected chi connectivity index (χ2v) is 11.6. The SMILES string of the molecule is CC(C)c1ccccc1-n1c(=O)nc(N2CCN(C(=O)/C=C/CN(C)C)CC2)c2cc(Cl)c(-c3c(O)cccc3F)cc21. The van der Waals surface area contributed by atoms with E-state index in [1.807, 2.05) is 68.1 Å². The third kappa shape index (κ3) is 6.14. The molecule has 2 heterocycles. The second kappa shape index (κ2) is 12.6. The average Bonchev–Trinajstić information content (AvgIpc) is 2.97. The summed E-state index contributed by atoms with van der Waals surface area (Å²) in [5, 5.41) is 11.4. The number of carbonyl (C=O) groups is 1. The highest BCUT2D eigenvalue weighted by atomic mass is 35.5. The maximum absolute atomic E-state index is 15.0. The fraction of sp³-hybridized carbons (Fsp3) is 0.303. The lowest BCUT2D eigenvalue weighted by Gasteiger charge is -2.35. The standard InChI is InChI=1S/C33H35ClFN5O3/c1-21(2)22-9-5-6-11-27(22)40-28-20-23(31-26(35)10-7-12-29(31)41)25(34)19-24(28)32(36-33(40)43)39-17-15-38(16-18-39)30(42)13-8-14-37(3)4/h5-13,19-21,41H,14-18H2,1-4H3/b13-8+. The van der Waals surface area contributed by atoms with Crippen LogP contribution in [0.2, 0.25) is 5.02 Å². The first-order chi connectivity index (χ1) is 20.6. The Kier molecular flexibility index (Phi) is 8.84. The van der Waals surface area contributed by atoms with Gasteiger partial charge in [-0.1, -0.05) is 55.8 Å². The van der Waals surface area contributed by atoms with Gasteiger partial charge >= 0.3 is 5.69 Å². The molecule has 1 aliphatic rings. The quantitative estimate of drug-likeness (QED) is 0.283. The summed E-state index contributed by atoms with van der Waals surface area (Å²) < 4.78 is 16.6. The van der Waals surface area contributed by atoms with E-state index in [1.54, 1.807) is 23.1 Å². The number of rotatable bonds is 7. The van der Waals surface area contributed by atoms with Crippen molar-refractivity contribution in [2.24, 2.45) is 0 Å². The minimum Gasteiger partial charge on any atom is -0.507 e. The number of piperazine rings is 1. The Balaban J connectivity index is 1.64. The van der Waals surface area contributed by atoms with Gasteiger partial charge in [-0.05, 0) is 55.9 Å². The number of aromatic hydroxyl groups is 1. The number of carbonyl (C=O) groups excluding carboxylic acids is 1. The molecule has 3 aromatic carbocycles. The minimum atomic E-state index is -0.632. The molecule has 0 saturated carbocycles. The Morgan fingerprint density at radius 2 is 1.81 bits per heavy atom. The third-order valence-electron chi connectivity index (χ3n) is 7.64. The fourth-order valence-corrected chi connectivity index (χ4v) is 5.72. The van der Waals surface area contributed by atoms with Crippen LogP contribution in [0, 0.1) is 5.82 Å². The first-order valence-corrected chi connectivity index (χ1v) is 14.6. The van der Waals surface area contributed by atoms with Gasteiger partial charge in [0.1, 0.15) is 17.4 Å². The molecule has 1 aromatic heterocycles. The number of phenolic OH excluding ortho intramolecular Hbond substituents is 1. The van der Waals surface area contributed by atoms with E-state index >= 15 is 4.39 Å². The molecule has 0 atom stereocenters. The maximum Gasteiger partial charge on any atom is 0.354 e. The highest BCUT2D eigenvalue weighted by molar-refractivity contribution is 6.34. The van der Waals surface area contributed by atoms with Crippen molar-refractivity contribution < 1.29 is 14.3 Å². The molecule has 43 heavy (non-hydrogen) atoms. The van der Waals surface area contributed by atoms with E-state index in [1.165, 1.54) is 22.8 Å². The fourth-order valence-electron chi connectivity index (χ4n) is 5.46. The molecule has 224 valence electrons. The number of halogens is 2. The van der Waals surface area contributed by atoms with Crippen LogP contribution >= 0.6 is 11.6 Å². The third-order valence-corrected chi connectivity index (χ3v) is 7.96. The highest BCUT2D eigenvalue weighted by Crippen LogP contribution is 2.40. The Morgan fingerprint density at radius 3 is 2.49 bits per heavy atom. The van der Waals surface area contributed by atoms with Gasteiger partial charge in [0.05, 0.1) is 16.8 Å². The van der Waals surface area contributed by atoms with Crippen LogP contribution in [-0.4, -0.2) is 77.2 Å². The molecular weight excluding hydrogens is 569 g/mol. The van der Waals surface area contributed by atoms with Crippen molar-refractivity contribution in [2.75, 3.05) is 51.7 Å². The summed E-state index contributed by atoms with van der Waals surface area (Å²) in [5.41, 5.74) is 1.81. The maximum atomic E-state index is 15.0. The van der Waals surface area contributed by atoms with Crippen molar-refractivity contribution in [3.05, 3.63) is 93.6 Å². The number of anilines is 1. The van der Waals surface area contributed by atoms with E-state index in [9.17, 15) is 14.7 Å². The molecular formula is C33H35ClFN5O3. The molecule has 8 nitrogen and oxygen atoms in total. The molecule has 0 aliphatic carbocycles. The van der Waals surface area contributed by atoms with Gasteiger partial charge in [0.2, 0.25) is 5.91 Å². The van der Waals surface area contributed by atoms with Crippen LogP contribution in [0.4, 0.5) is 10.2 Å². The van der Waals surface area contributed by atoms with Gasteiger partial charge < -0.3 is 19.8 Å². The molecule has 1 fully saturated rings. The molecule has 1 saturated heterocycles. The van der Waals surface area contributed by atoms with Crippen molar-refractivity contribution in [2.45, 2.75) is 19.8 Å². The number of fused-ring (bicyclic) bond motifs is 1. The van der Waals surface area contributed by atoms with Crippen LogP contribution in [0.5, 0.6) is 5.75 Å². The number of para-hydroxylation sites is 1. The van der Waals surface area contributed by atoms with Gasteiger partial charge in [0, 0.05) is 54.8 Å². The predicted molar refractivity (Wildman–Crippen MR) is 170 cm³/mol. The van der Waals surface area contributed by atoms with E-state index in [4.69, 9.17) is 11.6 Å². The average molecular weight is 604 g/mol. The van der Waals surface area contributed by atoms with E-state index < -0.39 is 11.5 Å². The summed E-state index contributed by atoms with van der Waals surface area (Å²) in [6.07, 6.45) is 3.43. The zero-order valence-electron chi connectivity index (χ0n) is 24.7. The summed E-state index contributed by atoms with van der Waals surface area (Å²) in [7, 11) is 3.88. The van der Waals surface area contributed by atoms with E-state index in [2.05, 4.69) is 4.98 Å². The Morgan fingerprint density at radius 1 is 1.09 bits per heavy atom. The summed E-state index contributed by atoms with van der Waals surface area (Å²) in [6, 6.07) is 15.0. The lowest BCUT2D eigenvalue weighted by Crippen LogP contribution is -2.49. The van der Waals surface area contributed by atoms with Crippen molar-refractivity contribution in [1.29, 1.82) is 0 Å². The first-order valence-electron chi connectivity index (χ1n) is 14.3. The number of aromatic nitrogens is 2. The smallest absolute Gasteiger partial charge is 0.354 e. The molecule has 1 amide bonds. The number of hydrogen-bond acceptors (Lipinski definition) is 6. The van der Waals surface area contributed by atoms with Crippen molar-refractivity contribution in [1.82, 2.24) is 19.4 Å². The van der Waals surface area contributed by atoms with Gasteiger partial charge in [0.15, 0.2) is 0 Å². The molecule has 1 aliphatic heterocycles. The number of amides is 1. The van der Waals surface area contributed by atoms with E-state index in [0.717, 1.165) is 5.56 Å². The van der Waals surface area contributed by atoms with E-state index in [-0.39, 0.29) is 33.7 Å². The first kappa shape index (κ1) is 30.3. The molecule has 10 heteroatoms. The Labute approximate surface area is 255 Å². The van der Waals surface area contributed by atoms with Crippen LogP contribution in [0.15, 0.2) is 71.5 Å². The van der Waals surface area contributed by atoms with Crippen molar-refractivity contribution >= 4 is 34.2 Å². The lowest BCUT2D eigenvalue weighted by molar-refractivity contribution is -0.126. The normalized spacial score (nSPS) is 14.0. The molecule has 0 unspecified atom stereocenters. The largest absolute Gasteiger partial charge is 0.507 e. The van der Waals surface area contributed by atoms with Crippen LogP contribution in [0.25, 0.3) is 27.7 Å². The van der Waals surface area contributed by atoms with Gasteiger partial charge in [-0.3, -0.25) is 9.36 Å². The number of phenols is 1. The van der Waals surface area contributed by atoms with Crippen LogP contribution in [0.1, 0.15) is 25.3 Å². The molecule has 0 bridgehead atoms. The summed E-state index contributed by atoms with van der Waals surface area (Å²) in [6.45, 7) is 6.62. The summed E-state index contributed by atoms with van der Waals surface area (Å²) in [4.78, 5) is 36.9. The highest BCUT2D eigenvalue weighted by Gasteiger charge is 2.26. The van der Waals surface area contributed by atoms with Crippen LogP contribution in [-0.2, 0) is 4.79 Å². The van der Waals surface area contributed by atoms with Gasteiger partial charge in [-0.15, -0.1) is 0 Å². The minimum absolute atomic E-state index is 0.0432. The number of nitrogens with zero attached hydrogens (tertiary/aromatic N) is 5. The number of hydrogen-bond donors (Lipinski definition) is 1. The Hall–Kier alpha value is -4.21. The molecule has 5 rings (SSSR count). The predicted octanol–water partition coefficient (Wildman–Crippen LogP) is 5.44. The van der Waals surface area contributed by atoms with Crippen molar-refractivity contribution in [3.8, 4) is 22.6 Å². The number of likely N-dealkylation sites (N-methyl/N-ethyl adjacent to an activating group) is 1. The molecule has 0 spiro atoms. The molecule has 0 radical (unpaired) electrons. The number of benzene rings is 3. The Bertz CT molecular complexity index is 1740. The molecule has 4 aromatic rings. The summed E-state index contributed by atoms with van der Waals surface area (Å²) in [5.74, 6) is -0.394. The lowest BCUT2D eigenvalue weighted by atomic mass is 9.99. The second-order valence-electron chi connectivity index (χ2n) is 11.2. The van der Waals surface area contributed by atoms with Gasteiger partial charge in [-0.2, -0.15) is 4.98 Å². The zero-order valence-corrected chi connectivity index (χ0v) is 25.5. The van der Waals surface area contributed by atoms with Gasteiger partial charge in [0.25, 0.3) is 0 Å². The van der Waals surface area contributed by atoms with E-state index in [0.29, 0.717) is 55.1 Å². The molecule has 1 N–H and O–H groups in total. The summed E-state index contributed by atoms with van der Waals surface area (Å²) >= 11 is 6.77. The van der Waals surface area contributed by atoms with Gasteiger partial charge in [-0.25, -0.2) is 9.18 Å². The van der Waals surface area contributed by atoms with Crippen molar-refractivity contribution in [3.63, 3.8) is 0 Å². The monoisotopic (exact) mass is 603 g/mol. The van der Waals surface area contributed by atoms with Crippen LogP contribution < -0.4 is 10.6 Å².